The van der Waals surface area contributed by atoms with Crippen molar-refractivity contribution >= 4 is 17.5 Å². The van der Waals surface area contributed by atoms with Gasteiger partial charge in [-0.1, -0.05) is 16.8 Å². The molecule has 0 fully saturated rings. The third kappa shape index (κ3) is 4.60. The largest absolute Gasteiger partial charge is 0.484 e. The predicted molar refractivity (Wildman–Crippen MR) is 89.5 cm³/mol. The van der Waals surface area contributed by atoms with E-state index in [9.17, 15) is 4.79 Å². The highest BCUT2D eigenvalue weighted by Crippen LogP contribution is 2.16. The fourth-order valence-electron chi connectivity index (χ4n) is 2.08. The Bertz CT molecular complexity index is 815. The van der Waals surface area contributed by atoms with Crippen molar-refractivity contribution in [3.63, 3.8) is 0 Å². The molecule has 25 heavy (non-hydrogen) atoms. The minimum absolute atomic E-state index is 0.162. The molecule has 0 aliphatic heterocycles. The Labute approximate surface area is 149 Å². The van der Waals surface area contributed by atoms with Crippen LogP contribution in [0.25, 0.3) is 0 Å². The summed E-state index contributed by atoms with van der Waals surface area (Å²) in [6, 6.07) is 10.3. The van der Waals surface area contributed by atoms with Crippen molar-refractivity contribution in [3.05, 3.63) is 65.2 Å². The van der Waals surface area contributed by atoms with Gasteiger partial charge in [0.2, 0.25) is 0 Å². The molecule has 0 aliphatic carbocycles. The molecule has 1 amide bonds. The first kappa shape index (κ1) is 17.0. The van der Waals surface area contributed by atoms with E-state index in [1.807, 2.05) is 0 Å². The third-order valence-electron chi connectivity index (χ3n) is 3.44. The van der Waals surface area contributed by atoms with E-state index in [0.717, 1.165) is 0 Å². The number of amides is 1. The van der Waals surface area contributed by atoms with E-state index in [1.165, 1.54) is 6.26 Å². The average molecular weight is 362 g/mol. The maximum Gasteiger partial charge on any atom is 0.289 e. The lowest BCUT2D eigenvalue weighted by Gasteiger charge is -2.14. The Hall–Kier alpha value is -2.80. The molecule has 0 aliphatic rings. The van der Waals surface area contributed by atoms with Crippen LogP contribution in [0.4, 0.5) is 0 Å². The minimum atomic E-state index is -0.195. The first-order chi connectivity index (χ1) is 12.1. The summed E-state index contributed by atoms with van der Waals surface area (Å²) < 4.78 is 15.8. The lowest BCUT2D eigenvalue weighted by molar-refractivity contribution is 0.0764. The van der Waals surface area contributed by atoms with Crippen LogP contribution in [-0.2, 0) is 13.0 Å². The summed E-state index contributed by atoms with van der Waals surface area (Å²) in [5, 5.41) is 4.53. The second-order valence-electron chi connectivity index (χ2n) is 5.30. The zero-order valence-electron chi connectivity index (χ0n) is 13.5. The SMILES string of the molecule is CN(CCc1noc(COc2ccc(Cl)cc2)n1)C(=O)c1ccco1. The molecule has 0 atom stereocenters. The van der Waals surface area contributed by atoms with Crippen molar-refractivity contribution in [2.45, 2.75) is 13.0 Å². The van der Waals surface area contributed by atoms with Gasteiger partial charge in [-0.25, -0.2) is 0 Å². The topological polar surface area (TPSA) is 81.6 Å². The van der Waals surface area contributed by atoms with Crippen LogP contribution in [0, 0.1) is 0 Å². The summed E-state index contributed by atoms with van der Waals surface area (Å²) in [5.74, 6) is 1.64. The van der Waals surface area contributed by atoms with Gasteiger partial charge in [-0.15, -0.1) is 0 Å². The van der Waals surface area contributed by atoms with E-state index < -0.39 is 0 Å². The number of carbonyl (C=O) groups is 1. The van der Waals surface area contributed by atoms with E-state index in [0.29, 0.717) is 41.2 Å². The van der Waals surface area contributed by atoms with Crippen molar-refractivity contribution in [1.29, 1.82) is 0 Å². The molecule has 0 N–H and O–H groups in total. The number of hydrogen-bond acceptors (Lipinski definition) is 6. The monoisotopic (exact) mass is 361 g/mol. The molecule has 0 bridgehead atoms. The van der Waals surface area contributed by atoms with Gasteiger partial charge in [0.05, 0.1) is 6.26 Å². The Balaban J connectivity index is 1.48. The smallest absolute Gasteiger partial charge is 0.289 e. The number of rotatable bonds is 7. The zero-order chi connectivity index (χ0) is 17.6. The fraction of sp³-hybridized carbons (Fsp3) is 0.235. The highest BCUT2D eigenvalue weighted by molar-refractivity contribution is 6.30. The van der Waals surface area contributed by atoms with Crippen molar-refractivity contribution < 1.29 is 18.5 Å². The number of carbonyl (C=O) groups excluding carboxylic acids is 1. The van der Waals surface area contributed by atoms with Gasteiger partial charge in [0.15, 0.2) is 18.2 Å². The molecular weight excluding hydrogens is 346 g/mol. The van der Waals surface area contributed by atoms with Crippen molar-refractivity contribution in [2.24, 2.45) is 0 Å². The molecule has 3 aromatic rings. The van der Waals surface area contributed by atoms with Crippen LogP contribution >= 0.6 is 11.6 Å². The number of benzene rings is 1. The van der Waals surface area contributed by atoms with Crippen LogP contribution < -0.4 is 4.74 Å². The normalized spacial score (nSPS) is 10.6. The van der Waals surface area contributed by atoms with Crippen LogP contribution in [0.3, 0.4) is 0 Å². The number of ether oxygens (including phenoxy) is 1. The summed E-state index contributed by atoms with van der Waals surface area (Å²) in [4.78, 5) is 17.8. The number of halogens is 1. The number of hydrogen-bond donors (Lipinski definition) is 0. The number of aromatic nitrogens is 2. The fourth-order valence-corrected chi connectivity index (χ4v) is 2.21. The molecule has 8 heteroatoms. The predicted octanol–water partition coefficient (Wildman–Crippen LogP) is 3.21. The third-order valence-corrected chi connectivity index (χ3v) is 3.69. The molecule has 0 spiro atoms. The van der Waals surface area contributed by atoms with Crippen LogP contribution in [0.15, 0.2) is 51.6 Å². The molecule has 0 unspecified atom stereocenters. The van der Waals surface area contributed by atoms with Crippen LogP contribution in [0.2, 0.25) is 5.02 Å². The van der Waals surface area contributed by atoms with Gasteiger partial charge in [0.1, 0.15) is 5.75 Å². The molecule has 7 nitrogen and oxygen atoms in total. The molecule has 2 heterocycles. The molecule has 3 rings (SSSR count). The molecule has 130 valence electrons. The van der Waals surface area contributed by atoms with Crippen molar-refractivity contribution in [1.82, 2.24) is 15.0 Å². The molecule has 0 saturated heterocycles. The Morgan fingerprint density at radius 2 is 2.08 bits per heavy atom. The molecule has 1 aromatic carbocycles. The first-order valence-electron chi connectivity index (χ1n) is 7.60. The van der Waals surface area contributed by atoms with Gasteiger partial charge in [-0.05, 0) is 36.4 Å². The van der Waals surface area contributed by atoms with Crippen LogP contribution in [0.5, 0.6) is 5.75 Å². The van der Waals surface area contributed by atoms with Crippen LogP contribution in [0.1, 0.15) is 22.3 Å². The highest BCUT2D eigenvalue weighted by Gasteiger charge is 2.15. The zero-order valence-corrected chi connectivity index (χ0v) is 14.3. The first-order valence-corrected chi connectivity index (χ1v) is 7.98. The van der Waals surface area contributed by atoms with Gasteiger partial charge in [-0.3, -0.25) is 4.79 Å². The summed E-state index contributed by atoms with van der Waals surface area (Å²) in [6.45, 7) is 0.604. The number of furan rings is 1. The number of nitrogens with zero attached hydrogens (tertiary/aromatic N) is 3. The maximum atomic E-state index is 12.1. The minimum Gasteiger partial charge on any atom is -0.484 e. The van der Waals surface area contributed by atoms with Gasteiger partial charge < -0.3 is 18.6 Å². The number of likely N-dealkylation sites (N-methyl/N-ethyl adjacent to an activating group) is 1. The van der Waals surface area contributed by atoms with E-state index >= 15 is 0 Å². The van der Waals surface area contributed by atoms with E-state index in [-0.39, 0.29) is 12.5 Å². The Morgan fingerprint density at radius 1 is 1.28 bits per heavy atom. The second-order valence-corrected chi connectivity index (χ2v) is 5.74. The van der Waals surface area contributed by atoms with Gasteiger partial charge >= 0.3 is 0 Å². The van der Waals surface area contributed by atoms with E-state index in [1.54, 1.807) is 48.3 Å². The summed E-state index contributed by atoms with van der Waals surface area (Å²) in [6.07, 6.45) is 1.93. The summed E-state index contributed by atoms with van der Waals surface area (Å²) >= 11 is 5.82. The van der Waals surface area contributed by atoms with Gasteiger partial charge in [0, 0.05) is 25.0 Å². The lowest BCUT2D eigenvalue weighted by Crippen LogP contribution is -2.28. The maximum absolute atomic E-state index is 12.1. The van der Waals surface area contributed by atoms with Gasteiger partial charge in [-0.2, -0.15) is 4.98 Å². The van der Waals surface area contributed by atoms with E-state index in [2.05, 4.69) is 10.1 Å². The quantitative estimate of drug-likeness (QED) is 0.642. The Morgan fingerprint density at radius 3 is 2.80 bits per heavy atom. The Kier molecular flexibility index (Phi) is 5.35. The summed E-state index contributed by atoms with van der Waals surface area (Å²) in [7, 11) is 1.69. The summed E-state index contributed by atoms with van der Waals surface area (Å²) in [5.41, 5.74) is 0. The molecule has 0 radical (unpaired) electrons. The molecular formula is C17H16ClN3O4. The van der Waals surface area contributed by atoms with E-state index in [4.69, 9.17) is 25.3 Å². The van der Waals surface area contributed by atoms with Crippen LogP contribution in [-0.4, -0.2) is 34.5 Å². The average Bonchev–Trinajstić information content (AvgIpc) is 3.30. The molecule has 0 saturated carbocycles. The second kappa shape index (κ2) is 7.85. The molecule has 2 aromatic heterocycles. The van der Waals surface area contributed by atoms with Gasteiger partial charge in [0.25, 0.3) is 11.8 Å². The lowest BCUT2D eigenvalue weighted by atomic mass is 10.3. The highest BCUT2D eigenvalue weighted by atomic mass is 35.5. The van der Waals surface area contributed by atoms with Crippen molar-refractivity contribution in [3.8, 4) is 5.75 Å². The standard InChI is InChI=1S/C17H16ClN3O4/c1-21(17(22)14-3-2-10-23-14)9-8-15-19-16(25-20-15)11-24-13-6-4-12(18)5-7-13/h2-7,10H,8-9,11H2,1H3. The van der Waals surface area contributed by atoms with Crippen molar-refractivity contribution in [2.75, 3.05) is 13.6 Å².